The molecule has 0 spiro atoms. The van der Waals surface area contributed by atoms with E-state index < -0.39 is 24.0 Å². The van der Waals surface area contributed by atoms with Crippen LogP contribution in [0.25, 0.3) is 0 Å². The van der Waals surface area contributed by atoms with Crippen LogP contribution in [0.5, 0.6) is 17.2 Å². The molecule has 2 unspecified atom stereocenters. The Bertz CT molecular complexity index is 970. The largest absolute Gasteiger partial charge is 0.488 e. The summed E-state index contributed by atoms with van der Waals surface area (Å²) in [6, 6.07) is 10.9. The highest BCUT2D eigenvalue weighted by molar-refractivity contribution is 6.08. The predicted octanol–water partition coefficient (Wildman–Crippen LogP) is 0.346. The standard InChI is InChI=1S/C22H26N4O5/c1-13(27)14(2)30-18-10-16(22(29)26-20(23)8-9-25-3)11-19(12-18)31-17-6-4-15(5-7-17)21(24)28/h4-14,25,27H,1-3H3,(H2,24,28)(H2,23,26,29)/p+1/b9-8-. The summed E-state index contributed by atoms with van der Waals surface area (Å²) >= 11 is 0. The predicted molar refractivity (Wildman–Crippen MR) is 116 cm³/mol. The Labute approximate surface area is 180 Å². The van der Waals surface area contributed by atoms with Crippen molar-refractivity contribution in [1.82, 2.24) is 10.6 Å². The summed E-state index contributed by atoms with van der Waals surface area (Å²) < 4.78 is 11.6. The molecule has 7 N–H and O–H groups in total. The van der Waals surface area contributed by atoms with Gasteiger partial charge in [-0.15, -0.1) is 0 Å². The number of amidine groups is 1. The Hall–Kier alpha value is -3.85. The van der Waals surface area contributed by atoms with E-state index in [0.717, 1.165) is 0 Å². The van der Waals surface area contributed by atoms with Crippen LogP contribution in [0.3, 0.4) is 0 Å². The summed E-state index contributed by atoms with van der Waals surface area (Å²) in [6.45, 7) is 3.30. The van der Waals surface area contributed by atoms with Crippen molar-refractivity contribution in [3.63, 3.8) is 0 Å². The van der Waals surface area contributed by atoms with Gasteiger partial charge in [-0.05, 0) is 50.2 Å². The fourth-order valence-electron chi connectivity index (χ4n) is 2.38. The first kappa shape index (κ1) is 23.4. The average molecular weight is 427 g/mol. The van der Waals surface area contributed by atoms with Crippen LogP contribution in [0.2, 0.25) is 0 Å². The van der Waals surface area contributed by atoms with Gasteiger partial charge in [0.05, 0.1) is 11.7 Å². The normalized spacial score (nSPS) is 12.6. The van der Waals surface area contributed by atoms with Gasteiger partial charge in [0.25, 0.3) is 5.84 Å². The van der Waals surface area contributed by atoms with Gasteiger partial charge >= 0.3 is 5.91 Å². The van der Waals surface area contributed by atoms with E-state index in [1.807, 2.05) is 0 Å². The molecule has 164 valence electrons. The topological polar surface area (TPSA) is 148 Å². The maximum absolute atomic E-state index is 12.6. The number of carbonyl (C=O) groups excluding carboxylic acids is 2. The number of aliphatic hydroxyl groups excluding tert-OH is 1. The van der Waals surface area contributed by atoms with Crippen LogP contribution in [-0.4, -0.2) is 42.0 Å². The molecule has 0 fully saturated rings. The molecular weight excluding hydrogens is 400 g/mol. The van der Waals surface area contributed by atoms with Gasteiger partial charge in [0.15, 0.2) is 0 Å². The van der Waals surface area contributed by atoms with Gasteiger partial charge in [0.2, 0.25) is 5.91 Å². The first-order valence-electron chi connectivity index (χ1n) is 9.54. The van der Waals surface area contributed by atoms with Crippen LogP contribution in [0.1, 0.15) is 34.6 Å². The molecule has 9 heteroatoms. The Morgan fingerprint density at radius 1 is 1.06 bits per heavy atom. The van der Waals surface area contributed by atoms with Gasteiger partial charge in [-0.25, -0.2) is 10.1 Å². The second-order valence-electron chi connectivity index (χ2n) is 6.78. The third-order valence-corrected chi connectivity index (χ3v) is 4.21. The van der Waals surface area contributed by atoms with E-state index in [2.05, 4.69) is 10.6 Å². The molecule has 2 rings (SSSR count). The Kier molecular flexibility index (Phi) is 8.16. The molecule has 9 nitrogen and oxygen atoms in total. The number of nitrogens with two attached hydrogens (primary N) is 2. The van der Waals surface area contributed by atoms with Crippen molar-refractivity contribution in [2.75, 3.05) is 7.05 Å². The number of nitrogens with one attached hydrogen (secondary N) is 2. The van der Waals surface area contributed by atoms with Crippen LogP contribution in [0, 0.1) is 0 Å². The van der Waals surface area contributed by atoms with Gasteiger partial charge in [-0.3, -0.25) is 10.2 Å². The SMILES string of the molecule is CN/C=C\C(=[NH2+])NC(=O)c1cc(Oc2ccc(C(N)=O)cc2)cc(OC(C)C(C)O)c1. The second kappa shape index (κ2) is 10.8. The minimum atomic E-state index is -0.723. The number of rotatable bonds is 9. The van der Waals surface area contributed by atoms with E-state index in [9.17, 15) is 14.7 Å². The summed E-state index contributed by atoms with van der Waals surface area (Å²) in [5.74, 6) is 0.204. The number of benzene rings is 2. The van der Waals surface area contributed by atoms with Gasteiger partial charge in [0.1, 0.15) is 23.4 Å². The third kappa shape index (κ3) is 7.16. The van der Waals surface area contributed by atoms with Crippen LogP contribution >= 0.6 is 0 Å². The monoisotopic (exact) mass is 427 g/mol. The molecule has 31 heavy (non-hydrogen) atoms. The smallest absolute Gasteiger partial charge is 0.339 e. The summed E-state index contributed by atoms with van der Waals surface area (Å²) in [4.78, 5) is 23.9. The van der Waals surface area contributed by atoms with Crippen molar-refractivity contribution in [3.05, 3.63) is 65.9 Å². The van der Waals surface area contributed by atoms with Gasteiger partial charge in [0, 0.05) is 31.0 Å². The lowest BCUT2D eigenvalue weighted by Crippen LogP contribution is -2.49. The van der Waals surface area contributed by atoms with Crippen molar-refractivity contribution >= 4 is 17.6 Å². The van der Waals surface area contributed by atoms with Gasteiger partial charge in [-0.2, -0.15) is 0 Å². The molecule has 2 aromatic rings. The molecule has 0 radical (unpaired) electrons. The number of carbonyl (C=O) groups is 2. The Morgan fingerprint density at radius 2 is 1.71 bits per heavy atom. The van der Waals surface area contributed by atoms with Crippen molar-refractivity contribution in [2.45, 2.75) is 26.1 Å². The van der Waals surface area contributed by atoms with Crippen LogP contribution < -0.4 is 31.3 Å². The number of ether oxygens (including phenoxy) is 2. The minimum absolute atomic E-state index is 0.146. The van der Waals surface area contributed by atoms with Crippen LogP contribution in [0.4, 0.5) is 0 Å². The minimum Gasteiger partial charge on any atom is -0.488 e. The molecule has 0 saturated heterocycles. The number of hydrogen-bond acceptors (Lipinski definition) is 6. The second-order valence-corrected chi connectivity index (χ2v) is 6.78. The molecule has 2 aromatic carbocycles. The van der Waals surface area contributed by atoms with E-state index in [4.69, 9.17) is 20.6 Å². The lowest BCUT2D eigenvalue weighted by atomic mass is 10.1. The number of aliphatic hydroxyl groups is 1. The zero-order valence-electron chi connectivity index (χ0n) is 17.6. The fourth-order valence-corrected chi connectivity index (χ4v) is 2.38. The van der Waals surface area contributed by atoms with E-state index in [1.54, 1.807) is 45.3 Å². The summed E-state index contributed by atoms with van der Waals surface area (Å²) in [5.41, 5.74) is 5.83. The first-order chi connectivity index (χ1) is 14.7. The molecule has 0 saturated carbocycles. The molecule has 2 atom stereocenters. The zero-order valence-corrected chi connectivity index (χ0v) is 17.6. The summed E-state index contributed by atoms with van der Waals surface area (Å²) in [7, 11) is 1.70. The Morgan fingerprint density at radius 3 is 2.29 bits per heavy atom. The summed E-state index contributed by atoms with van der Waals surface area (Å²) in [6.07, 6.45) is 1.84. The molecule has 0 aliphatic heterocycles. The van der Waals surface area contributed by atoms with Crippen molar-refractivity contribution in [2.24, 2.45) is 5.73 Å². The maximum Gasteiger partial charge on any atom is 0.339 e. The van der Waals surface area contributed by atoms with Crippen LogP contribution in [-0.2, 0) is 0 Å². The quantitative estimate of drug-likeness (QED) is 0.288. The van der Waals surface area contributed by atoms with E-state index in [1.165, 1.54) is 30.3 Å². The van der Waals surface area contributed by atoms with Gasteiger partial charge < -0.3 is 25.6 Å². The third-order valence-electron chi connectivity index (χ3n) is 4.21. The molecule has 0 aliphatic rings. The average Bonchev–Trinajstić information content (AvgIpc) is 2.72. The molecule has 2 amide bonds. The van der Waals surface area contributed by atoms with E-state index >= 15 is 0 Å². The first-order valence-corrected chi connectivity index (χ1v) is 9.54. The molecular formula is C22H27N4O5+. The van der Waals surface area contributed by atoms with Crippen molar-refractivity contribution < 1.29 is 29.6 Å². The molecule has 0 bridgehead atoms. The lowest BCUT2D eigenvalue weighted by molar-refractivity contribution is -0.115. The molecule has 0 aromatic heterocycles. The van der Waals surface area contributed by atoms with Gasteiger partial charge in [-0.1, -0.05) is 0 Å². The number of hydrogen-bond donors (Lipinski definition) is 5. The lowest BCUT2D eigenvalue weighted by Gasteiger charge is -2.18. The highest BCUT2D eigenvalue weighted by atomic mass is 16.5. The van der Waals surface area contributed by atoms with E-state index in [-0.39, 0.29) is 11.4 Å². The molecule has 0 aliphatic carbocycles. The van der Waals surface area contributed by atoms with Crippen molar-refractivity contribution in [3.8, 4) is 17.2 Å². The highest BCUT2D eigenvalue weighted by Crippen LogP contribution is 2.28. The highest BCUT2D eigenvalue weighted by Gasteiger charge is 2.18. The number of amides is 2. The molecule has 0 heterocycles. The summed E-state index contributed by atoms with van der Waals surface area (Å²) in [5, 5.41) is 20.8. The van der Waals surface area contributed by atoms with Crippen LogP contribution in [0.15, 0.2) is 54.7 Å². The number of primary amides is 1. The van der Waals surface area contributed by atoms with E-state index in [0.29, 0.717) is 22.8 Å². The Balaban J connectivity index is 2.31. The zero-order chi connectivity index (χ0) is 23.0. The van der Waals surface area contributed by atoms with Crippen molar-refractivity contribution in [1.29, 1.82) is 0 Å². The maximum atomic E-state index is 12.6. The fraction of sp³-hybridized carbons (Fsp3) is 0.227.